The summed E-state index contributed by atoms with van der Waals surface area (Å²) < 4.78 is 60.8. The summed E-state index contributed by atoms with van der Waals surface area (Å²) >= 11 is 0. The van der Waals surface area contributed by atoms with Crippen LogP contribution in [0.1, 0.15) is 35.5 Å². The Hall–Kier alpha value is -0.618. The van der Waals surface area contributed by atoms with Crippen LogP contribution in [0.5, 0.6) is 0 Å². The van der Waals surface area contributed by atoms with Gasteiger partial charge in [-0.05, 0) is 31.3 Å². The average Bonchev–Trinajstić information content (AvgIpc) is 3.04. The Morgan fingerprint density at radius 1 is 1.23 bits per heavy atom. The Morgan fingerprint density at radius 3 is 2.37 bits per heavy atom. The Balaban J connectivity index is 3.23. The fourth-order valence-corrected chi connectivity index (χ4v) is 6.00. The second-order valence-corrected chi connectivity index (χ2v) is 17.3. The molecule has 1 heterocycles. The molecule has 0 spiro atoms. The van der Waals surface area contributed by atoms with E-state index in [-0.39, 0.29) is 51.3 Å². The summed E-state index contributed by atoms with van der Waals surface area (Å²) in [6.45, 7) is 24.0. The summed E-state index contributed by atoms with van der Waals surface area (Å²) in [5, 5.41) is -0.141. The smallest absolute Gasteiger partial charge is 0.409 e. The molecule has 1 aliphatic heterocycles. The van der Waals surface area contributed by atoms with Crippen molar-refractivity contribution in [3.8, 4) is 0 Å². The van der Waals surface area contributed by atoms with Crippen molar-refractivity contribution in [2.45, 2.75) is 76.0 Å². The van der Waals surface area contributed by atoms with E-state index in [9.17, 15) is 4.57 Å². The van der Waals surface area contributed by atoms with E-state index < -0.39 is 48.0 Å². The third-order valence-corrected chi connectivity index (χ3v) is 12.9. The molecular weight excluding hydrogens is 509 g/mol. The lowest BCUT2D eigenvalue weighted by Crippen LogP contribution is -2.51. The molecule has 14 heteroatoms. The molecule has 196 valence electrons. The third-order valence-electron chi connectivity index (χ3n) is 5.91. The molecule has 0 N–H and O–H groups in total. The molecule has 0 aliphatic carbocycles. The van der Waals surface area contributed by atoms with Gasteiger partial charge >= 0.3 is 8.25 Å². The minimum absolute atomic E-state index is 0.0118. The lowest BCUT2D eigenvalue weighted by Gasteiger charge is -2.42. The average molecular weight is 549 g/mol. The number of hydrogen-bond acceptors (Lipinski definition) is 8. The van der Waals surface area contributed by atoms with Crippen LogP contribution < -0.4 is 0 Å². The molecule has 0 amide bonds. The van der Waals surface area contributed by atoms with E-state index in [1.165, 1.54) is 7.11 Å². The Labute approximate surface area is 215 Å². The summed E-state index contributed by atoms with van der Waals surface area (Å²) in [5.74, 6) is 0. The van der Waals surface area contributed by atoms with E-state index in [0.29, 0.717) is 0 Å². The third kappa shape index (κ3) is 9.65. The van der Waals surface area contributed by atoms with Crippen LogP contribution in [0, 0.1) is 13.1 Å². The first-order valence-electron chi connectivity index (χ1n) is 11.8. The zero-order valence-corrected chi connectivity index (χ0v) is 24.3. The van der Waals surface area contributed by atoms with Crippen molar-refractivity contribution in [3.05, 3.63) is 22.8 Å². The van der Waals surface area contributed by atoms with Gasteiger partial charge in [-0.1, -0.05) is 20.8 Å². The topological polar surface area (TPSA) is 90.4 Å². The van der Waals surface area contributed by atoms with Gasteiger partial charge in [0.15, 0.2) is 14.9 Å². The summed E-state index contributed by atoms with van der Waals surface area (Å²) in [6.07, 6.45) is 2.41. The molecule has 0 aromatic heterocycles. The Kier molecular flexibility index (Phi) is 12.1. The monoisotopic (exact) mass is 549 g/mol. The lowest BCUT2D eigenvalue weighted by atomic mass is 9.89. The summed E-state index contributed by atoms with van der Waals surface area (Å²) in [5.41, 5.74) is -1.30. The van der Waals surface area contributed by atoms with Gasteiger partial charge in [0.25, 0.3) is 7.57 Å². The van der Waals surface area contributed by atoms with Crippen molar-refractivity contribution in [2.75, 3.05) is 40.0 Å². The van der Waals surface area contributed by atoms with E-state index >= 15 is 0 Å². The van der Waals surface area contributed by atoms with Gasteiger partial charge in [0.2, 0.25) is 13.1 Å². The maximum atomic E-state index is 12.0. The molecule has 1 saturated heterocycles. The largest absolute Gasteiger partial charge is 0.697 e. The van der Waals surface area contributed by atoms with Crippen LogP contribution in [0.15, 0.2) is 0 Å². The first-order valence-corrected chi connectivity index (χ1v) is 16.9. The summed E-state index contributed by atoms with van der Waals surface area (Å²) in [7, 11) is -0.206. The molecule has 2 radical (unpaired) electrons. The van der Waals surface area contributed by atoms with E-state index in [2.05, 4.69) is 49.9 Å². The Bertz CT molecular complexity index is 866. The van der Waals surface area contributed by atoms with Crippen molar-refractivity contribution in [2.24, 2.45) is 0 Å². The highest BCUT2D eigenvalue weighted by molar-refractivity contribution is 7.59. The predicted octanol–water partition coefficient (Wildman–Crippen LogP) is 4.82. The second-order valence-electron chi connectivity index (χ2n) is 9.55. The highest BCUT2D eigenvalue weighted by Gasteiger charge is 2.56. The van der Waals surface area contributed by atoms with Crippen molar-refractivity contribution in [1.82, 2.24) is 0 Å². The number of rotatable bonds is 15. The molecule has 1 fully saturated rings. The van der Waals surface area contributed by atoms with Gasteiger partial charge in [0.1, 0.15) is 27.2 Å². The number of ether oxygens (including phenoxy) is 1. The van der Waals surface area contributed by atoms with Gasteiger partial charge < -0.3 is 32.4 Å². The van der Waals surface area contributed by atoms with Crippen LogP contribution >= 0.6 is 15.8 Å². The van der Waals surface area contributed by atoms with Crippen molar-refractivity contribution >= 4 is 38.3 Å². The van der Waals surface area contributed by atoms with Gasteiger partial charge in [0, 0.05) is 25.5 Å². The second kappa shape index (κ2) is 13.8. The van der Waals surface area contributed by atoms with Gasteiger partial charge in [-0.15, -0.1) is 9.05 Å². The van der Waals surface area contributed by atoms with Gasteiger partial charge in [0.05, 0.1) is 11.7 Å². The van der Waals surface area contributed by atoms with Crippen LogP contribution in [-0.2, 0) is 36.3 Å². The lowest BCUT2D eigenvalue weighted by molar-refractivity contribution is -0.0629. The van der Waals surface area contributed by atoms with Crippen LogP contribution in [0.4, 0.5) is 0 Å². The fraction of sp³-hybridized carbons (Fsp3) is 0.857. The van der Waals surface area contributed by atoms with Gasteiger partial charge in [-0.3, -0.25) is 0 Å². The normalized spacial score (nSPS) is 27.5. The highest BCUT2D eigenvalue weighted by atomic mass is 31.2. The molecule has 3 unspecified atom stereocenters. The van der Waals surface area contributed by atoms with Crippen LogP contribution in [-0.4, -0.2) is 86.3 Å². The van der Waals surface area contributed by atoms with Crippen LogP contribution in [0.25, 0.3) is 9.69 Å². The highest BCUT2D eigenvalue weighted by Crippen LogP contribution is 2.54. The molecule has 35 heavy (non-hydrogen) atoms. The van der Waals surface area contributed by atoms with Crippen molar-refractivity contribution in [3.63, 3.8) is 0 Å². The van der Waals surface area contributed by atoms with Crippen LogP contribution in [0.2, 0.25) is 18.1 Å². The van der Waals surface area contributed by atoms with E-state index in [1.54, 1.807) is 0 Å². The molecule has 1 aliphatic rings. The first kappa shape index (κ1) is 30.6. The van der Waals surface area contributed by atoms with E-state index in [4.69, 9.17) is 54.1 Å². The first-order chi connectivity index (χ1) is 16.7. The minimum Gasteiger partial charge on any atom is -0.409 e. The zero-order valence-electron chi connectivity index (χ0n) is 22.5. The SMILES string of the molecule is [3H]C[C@@]1(CCO[P+](=O)OCC[N+]#[C-])O[C@@H]([B])[C@@H](O[Si](C)(C)C(C)(C)C)C1OP(=C)(OC)OCC[N+]#[C-]. The van der Waals surface area contributed by atoms with E-state index in [1.807, 2.05) is 0 Å². The quantitative estimate of drug-likeness (QED) is 0.124. The molecule has 0 bridgehead atoms. The molecule has 0 saturated carbocycles. The van der Waals surface area contributed by atoms with Crippen LogP contribution in [0.3, 0.4) is 0 Å². The molecular formula is C21H38BN2O8P2Si+. The maximum Gasteiger partial charge on any atom is 0.697 e. The molecule has 0 aromatic carbocycles. The van der Waals surface area contributed by atoms with Gasteiger partial charge in [-0.2, -0.15) is 0 Å². The predicted molar refractivity (Wildman–Crippen MR) is 140 cm³/mol. The zero-order chi connectivity index (χ0) is 27.6. The number of hydrogen-bond donors (Lipinski definition) is 0. The van der Waals surface area contributed by atoms with Crippen molar-refractivity contribution < 1.29 is 37.7 Å². The molecule has 1 rings (SSSR count). The molecule has 0 aromatic rings. The van der Waals surface area contributed by atoms with Gasteiger partial charge in [-0.25, -0.2) is 13.1 Å². The fourth-order valence-electron chi connectivity index (χ4n) is 2.90. The maximum absolute atomic E-state index is 12.0. The summed E-state index contributed by atoms with van der Waals surface area (Å²) in [6, 6.07) is -0.924. The Morgan fingerprint density at radius 2 is 1.83 bits per heavy atom. The standard InChI is InChI=1S/C21H38BN2O8P2Si/c1-20(2,3)35(9,10)32-17-18(31-34(8,26-7)29-16-13-24-6)21(4,30-19(17)22)11-14-27-33(25)28-15-12-23-5/h17-19H,8,11-16H2,1-4,7,9-10H3/q+1/t17-,18?,19+,21-,34?/m0/s1/i4T. The minimum atomic E-state index is -3.19. The molecule has 10 nitrogen and oxygen atoms in total. The molecule has 6 atom stereocenters. The number of nitrogens with zero attached hydrogens (tertiary/aromatic N) is 2. The summed E-state index contributed by atoms with van der Waals surface area (Å²) in [4.78, 5) is 6.40. The van der Waals surface area contributed by atoms with E-state index in [0.717, 1.165) is 0 Å². The van der Waals surface area contributed by atoms with Crippen molar-refractivity contribution in [1.29, 1.82) is 0 Å².